The lowest BCUT2D eigenvalue weighted by Crippen LogP contribution is -2.46. The maximum atomic E-state index is 5.84. The highest BCUT2D eigenvalue weighted by Gasteiger charge is 2.30. The van der Waals surface area contributed by atoms with Crippen LogP contribution in [0.5, 0.6) is 0 Å². The highest BCUT2D eigenvalue weighted by atomic mass is 15.2. The van der Waals surface area contributed by atoms with Crippen molar-refractivity contribution in [1.29, 1.82) is 0 Å². The summed E-state index contributed by atoms with van der Waals surface area (Å²) >= 11 is 0. The zero-order valence-electron chi connectivity index (χ0n) is 11.7. The Kier molecular flexibility index (Phi) is 4.87. The lowest BCUT2D eigenvalue weighted by molar-refractivity contribution is 0.0748. The molecule has 0 aromatic heterocycles. The van der Waals surface area contributed by atoms with Crippen LogP contribution in [-0.4, -0.2) is 30.6 Å². The van der Waals surface area contributed by atoms with Crippen molar-refractivity contribution >= 4 is 0 Å². The summed E-state index contributed by atoms with van der Waals surface area (Å²) in [4.78, 5) is 2.76. The van der Waals surface area contributed by atoms with E-state index in [4.69, 9.17) is 5.73 Å². The number of nitrogens with two attached hydrogens (primary N) is 1. The summed E-state index contributed by atoms with van der Waals surface area (Å²) < 4.78 is 0. The van der Waals surface area contributed by atoms with Crippen molar-refractivity contribution in [1.82, 2.24) is 4.90 Å². The average Bonchev–Trinajstić information content (AvgIpc) is 2.39. The van der Waals surface area contributed by atoms with Gasteiger partial charge < -0.3 is 10.6 Å². The molecule has 100 valence electrons. The molecule has 1 saturated heterocycles. The summed E-state index contributed by atoms with van der Waals surface area (Å²) in [5, 5.41) is 0. The SMILES string of the molecule is CC(C)C1CCCC(N2CCCC(CN)C2)C1. The Morgan fingerprint density at radius 2 is 2.00 bits per heavy atom. The quantitative estimate of drug-likeness (QED) is 0.819. The lowest BCUT2D eigenvalue weighted by atomic mass is 9.78. The number of hydrogen-bond donors (Lipinski definition) is 1. The van der Waals surface area contributed by atoms with E-state index in [9.17, 15) is 0 Å². The number of hydrogen-bond acceptors (Lipinski definition) is 2. The van der Waals surface area contributed by atoms with Gasteiger partial charge in [-0.05, 0) is 56.5 Å². The van der Waals surface area contributed by atoms with E-state index in [1.165, 1.54) is 51.6 Å². The third kappa shape index (κ3) is 3.45. The van der Waals surface area contributed by atoms with Gasteiger partial charge in [-0.15, -0.1) is 0 Å². The third-order valence-corrected chi connectivity index (χ3v) is 5.03. The first kappa shape index (κ1) is 13.4. The topological polar surface area (TPSA) is 29.3 Å². The molecule has 2 heteroatoms. The van der Waals surface area contributed by atoms with Gasteiger partial charge in [0.1, 0.15) is 0 Å². The molecule has 2 nitrogen and oxygen atoms in total. The minimum atomic E-state index is 0.767. The first-order valence-corrected chi connectivity index (χ1v) is 7.64. The van der Waals surface area contributed by atoms with Crippen LogP contribution in [0.15, 0.2) is 0 Å². The first-order chi connectivity index (χ1) is 8.20. The Morgan fingerprint density at radius 1 is 1.18 bits per heavy atom. The predicted molar refractivity (Wildman–Crippen MR) is 73.9 cm³/mol. The molecule has 0 spiro atoms. The molecule has 0 aromatic carbocycles. The molecule has 1 aliphatic heterocycles. The minimum absolute atomic E-state index is 0.767. The van der Waals surface area contributed by atoms with Crippen LogP contribution in [0.4, 0.5) is 0 Å². The van der Waals surface area contributed by atoms with E-state index in [0.29, 0.717) is 0 Å². The predicted octanol–water partition coefficient (Wildman–Crippen LogP) is 2.87. The van der Waals surface area contributed by atoms with Crippen molar-refractivity contribution < 1.29 is 0 Å². The molecule has 17 heavy (non-hydrogen) atoms. The largest absolute Gasteiger partial charge is 0.330 e. The second-order valence-electron chi connectivity index (χ2n) is 6.56. The van der Waals surface area contributed by atoms with Gasteiger partial charge >= 0.3 is 0 Å². The van der Waals surface area contributed by atoms with E-state index in [1.54, 1.807) is 0 Å². The molecule has 2 N–H and O–H groups in total. The summed E-state index contributed by atoms with van der Waals surface area (Å²) in [5.74, 6) is 2.60. The normalized spacial score (nSPS) is 36.4. The Labute approximate surface area is 107 Å². The van der Waals surface area contributed by atoms with Gasteiger partial charge in [-0.25, -0.2) is 0 Å². The Balaban J connectivity index is 1.88. The van der Waals surface area contributed by atoms with Gasteiger partial charge in [0.2, 0.25) is 0 Å². The molecule has 0 bridgehead atoms. The van der Waals surface area contributed by atoms with Crippen LogP contribution >= 0.6 is 0 Å². The van der Waals surface area contributed by atoms with Gasteiger partial charge in [0, 0.05) is 12.6 Å². The number of piperidine rings is 1. The summed E-state index contributed by atoms with van der Waals surface area (Å²) in [6, 6.07) is 0.866. The van der Waals surface area contributed by atoms with Crippen LogP contribution in [0.25, 0.3) is 0 Å². The summed E-state index contributed by atoms with van der Waals surface area (Å²) in [5.41, 5.74) is 5.84. The molecule has 3 unspecified atom stereocenters. The van der Waals surface area contributed by atoms with E-state index < -0.39 is 0 Å². The second kappa shape index (κ2) is 6.19. The molecule has 0 aromatic rings. The molecule has 3 atom stereocenters. The summed E-state index contributed by atoms with van der Waals surface area (Å²) in [6.45, 7) is 8.27. The fraction of sp³-hybridized carbons (Fsp3) is 1.00. The zero-order chi connectivity index (χ0) is 12.3. The van der Waals surface area contributed by atoms with Crippen LogP contribution < -0.4 is 5.73 Å². The first-order valence-electron chi connectivity index (χ1n) is 7.64. The highest BCUT2D eigenvalue weighted by Crippen LogP contribution is 2.34. The molecule has 0 radical (unpaired) electrons. The van der Waals surface area contributed by atoms with Crippen molar-refractivity contribution in [3.8, 4) is 0 Å². The van der Waals surface area contributed by atoms with Gasteiger partial charge in [-0.2, -0.15) is 0 Å². The van der Waals surface area contributed by atoms with E-state index in [0.717, 1.165) is 30.3 Å². The summed E-state index contributed by atoms with van der Waals surface area (Å²) in [6.07, 6.45) is 8.49. The van der Waals surface area contributed by atoms with Crippen LogP contribution in [0.2, 0.25) is 0 Å². The Bertz CT molecular complexity index is 227. The monoisotopic (exact) mass is 238 g/mol. The van der Waals surface area contributed by atoms with Gasteiger partial charge in [0.15, 0.2) is 0 Å². The maximum Gasteiger partial charge on any atom is 0.00981 e. The number of rotatable bonds is 3. The molecule has 1 saturated carbocycles. The van der Waals surface area contributed by atoms with E-state index in [-0.39, 0.29) is 0 Å². The molecular formula is C15H30N2. The summed E-state index contributed by atoms with van der Waals surface area (Å²) in [7, 11) is 0. The van der Waals surface area contributed by atoms with Gasteiger partial charge in [-0.3, -0.25) is 0 Å². The van der Waals surface area contributed by atoms with Crippen molar-refractivity contribution in [2.75, 3.05) is 19.6 Å². The Hall–Kier alpha value is -0.0800. The van der Waals surface area contributed by atoms with Crippen LogP contribution in [-0.2, 0) is 0 Å². The molecule has 2 aliphatic rings. The molecule has 2 rings (SSSR count). The minimum Gasteiger partial charge on any atom is -0.330 e. The molecule has 2 fully saturated rings. The second-order valence-corrected chi connectivity index (χ2v) is 6.56. The number of likely N-dealkylation sites (tertiary alicyclic amines) is 1. The van der Waals surface area contributed by atoms with Crippen LogP contribution in [0, 0.1) is 17.8 Å². The van der Waals surface area contributed by atoms with Crippen molar-refractivity contribution in [3.05, 3.63) is 0 Å². The molecule has 0 amide bonds. The number of nitrogens with zero attached hydrogens (tertiary/aromatic N) is 1. The van der Waals surface area contributed by atoms with Gasteiger partial charge in [-0.1, -0.05) is 26.7 Å². The van der Waals surface area contributed by atoms with E-state index in [2.05, 4.69) is 18.7 Å². The van der Waals surface area contributed by atoms with Crippen molar-refractivity contribution in [2.45, 2.75) is 58.4 Å². The molecule has 1 heterocycles. The lowest BCUT2D eigenvalue weighted by Gasteiger charge is -2.42. The van der Waals surface area contributed by atoms with E-state index in [1.807, 2.05) is 0 Å². The van der Waals surface area contributed by atoms with Gasteiger partial charge in [0.05, 0.1) is 0 Å². The van der Waals surface area contributed by atoms with Gasteiger partial charge in [0.25, 0.3) is 0 Å². The average molecular weight is 238 g/mol. The zero-order valence-corrected chi connectivity index (χ0v) is 11.7. The van der Waals surface area contributed by atoms with Crippen LogP contribution in [0.1, 0.15) is 52.4 Å². The van der Waals surface area contributed by atoms with Crippen molar-refractivity contribution in [3.63, 3.8) is 0 Å². The molecule has 1 aliphatic carbocycles. The maximum absolute atomic E-state index is 5.84. The fourth-order valence-electron chi connectivity index (χ4n) is 3.76. The van der Waals surface area contributed by atoms with E-state index >= 15 is 0 Å². The van der Waals surface area contributed by atoms with Crippen LogP contribution in [0.3, 0.4) is 0 Å². The highest BCUT2D eigenvalue weighted by molar-refractivity contribution is 4.85. The molecular weight excluding hydrogens is 208 g/mol. The third-order valence-electron chi connectivity index (χ3n) is 5.03. The fourth-order valence-corrected chi connectivity index (χ4v) is 3.76. The van der Waals surface area contributed by atoms with Crippen molar-refractivity contribution in [2.24, 2.45) is 23.5 Å². The Morgan fingerprint density at radius 3 is 2.71 bits per heavy atom. The standard InChI is InChI=1S/C15H30N2/c1-12(2)14-6-3-7-15(9-14)17-8-4-5-13(10-16)11-17/h12-15H,3-11,16H2,1-2H3. The smallest absolute Gasteiger partial charge is 0.00981 e.